The SMILES string of the molecule is CN(C)CC1(CO)CCCN(S(=O)(=O)c2ccc3nc[nH]c3c2)C1. The Bertz CT molecular complexity index is 818. The Labute approximate surface area is 142 Å². The fourth-order valence-corrected chi connectivity index (χ4v) is 5.19. The summed E-state index contributed by atoms with van der Waals surface area (Å²) >= 11 is 0. The minimum absolute atomic E-state index is 0.0171. The average molecular weight is 352 g/mol. The molecule has 1 saturated heterocycles. The first kappa shape index (κ1) is 17.3. The lowest BCUT2D eigenvalue weighted by Gasteiger charge is -2.42. The average Bonchev–Trinajstić information content (AvgIpc) is 3.02. The predicted molar refractivity (Wildman–Crippen MR) is 92.2 cm³/mol. The van der Waals surface area contributed by atoms with Crippen molar-refractivity contribution in [3.05, 3.63) is 24.5 Å². The number of imidazole rings is 1. The van der Waals surface area contributed by atoms with Crippen LogP contribution >= 0.6 is 0 Å². The monoisotopic (exact) mass is 352 g/mol. The molecule has 0 aliphatic carbocycles. The molecule has 3 rings (SSSR count). The van der Waals surface area contributed by atoms with Crippen molar-refractivity contribution in [2.45, 2.75) is 17.7 Å². The van der Waals surface area contributed by atoms with Crippen LogP contribution in [-0.2, 0) is 10.0 Å². The summed E-state index contributed by atoms with van der Waals surface area (Å²) in [6.45, 7) is 1.47. The molecule has 0 amide bonds. The molecule has 1 fully saturated rings. The summed E-state index contributed by atoms with van der Waals surface area (Å²) in [4.78, 5) is 9.33. The van der Waals surface area contributed by atoms with E-state index in [1.807, 2.05) is 19.0 Å². The summed E-state index contributed by atoms with van der Waals surface area (Å²) in [5.41, 5.74) is 1.03. The van der Waals surface area contributed by atoms with Gasteiger partial charge in [0, 0.05) is 25.0 Å². The number of benzene rings is 1. The van der Waals surface area contributed by atoms with E-state index in [4.69, 9.17) is 0 Å². The van der Waals surface area contributed by atoms with Crippen molar-refractivity contribution in [1.82, 2.24) is 19.2 Å². The summed E-state index contributed by atoms with van der Waals surface area (Å²) in [5, 5.41) is 9.90. The summed E-state index contributed by atoms with van der Waals surface area (Å²) in [7, 11) is 0.291. The number of hydrogen-bond donors (Lipinski definition) is 2. The van der Waals surface area contributed by atoms with E-state index < -0.39 is 15.4 Å². The predicted octanol–water partition coefficient (Wildman–Crippen LogP) is 0.888. The third-order valence-corrected chi connectivity index (χ3v) is 6.48. The van der Waals surface area contributed by atoms with Gasteiger partial charge in [-0.15, -0.1) is 0 Å². The largest absolute Gasteiger partial charge is 0.396 e. The third kappa shape index (κ3) is 3.19. The van der Waals surface area contributed by atoms with Gasteiger partial charge in [-0.05, 0) is 45.1 Å². The van der Waals surface area contributed by atoms with Crippen LogP contribution in [-0.4, -0.2) is 73.0 Å². The maximum absolute atomic E-state index is 13.0. The highest BCUT2D eigenvalue weighted by Crippen LogP contribution is 2.33. The lowest BCUT2D eigenvalue weighted by molar-refractivity contribution is 0.0409. The number of aromatic amines is 1. The standard InChI is InChI=1S/C16H24N4O3S/c1-19(2)9-16(11-21)6-3-7-20(10-16)24(22,23)13-4-5-14-15(8-13)18-12-17-14/h4-5,8,12,21H,3,6-7,9-11H2,1-2H3,(H,17,18). The molecule has 2 heterocycles. The minimum atomic E-state index is -3.59. The van der Waals surface area contributed by atoms with Crippen LogP contribution in [0.4, 0.5) is 0 Å². The number of aliphatic hydroxyl groups is 1. The van der Waals surface area contributed by atoms with Crippen LogP contribution in [0.3, 0.4) is 0 Å². The second-order valence-corrected chi connectivity index (χ2v) is 8.86. The molecule has 1 aromatic heterocycles. The first-order valence-electron chi connectivity index (χ1n) is 8.05. The molecule has 1 aliphatic rings. The molecule has 7 nitrogen and oxygen atoms in total. The van der Waals surface area contributed by atoms with E-state index in [1.165, 1.54) is 4.31 Å². The molecule has 0 spiro atoms. The molecule has 0 radical (unpaired) electrons. The van der Waals surface area contributed by atoms with Gasteiger partial charge in [-0.3, -0.25) is 0 Å². The highest BCUT2D eigenvalue weighted by Gasteiger charge is 2.40. The number of rotatable bonds is 5. The molecular formula is C16H24N4O3S. The van der Waals surface area contributed by atoms with Crippen molar-refractivity contribution in [2.75, 3.05) is 40.3 Å². The van der Waals surface area contributed by atoms with E-state index in [0.29, 0.717) is 25.2 Å². The lowest BCUT2D eigenvalue weighted by atomic mass is 9.81. The second kappa shape index (κ2) is 6.44. The van der Waals surface area contributed by atoms with Gasteiger partial charge in [0.25, 0.3) is 0 Å². The Morgan fingerprint density at radius 2 is 2.21 bits per heavy atom. The summed E-state index contributed by atoms with van der Waals surface area (Å²) in [6, 6.07) is 4.93. The molecule has 1 aliphatic heterocycles. The van der Waals surface area contributed by atoms with Gasteiger partial charge in [0.15, 0.2) is 0 Å². The van der Waals surface area contributed by atoms with Crippen LogP contribution in [0.2, 0.25) is 0 Å². The molecule has 1 atom stereocenters. The van der Waals surface area contributed by atoms with Crippen LogP contribution in [0, 0.1) is 5.41 Å². The van der Waals surface area contributed by atoms with Crippen LogP contribution in [0.25, 0.3) is 11.0 Å². The number of fused-ring (bicyclic) bond motifs is 1. The van der Waals surface area contributed by atoms with Crippen LogP contribution in [0.1, 0.15) is 12.8 Å². The number of nitrogens with zero attached hydrogens (tertiary/aromatic N) is 3. The normalized spacial score (nSPS) is 23.2. The van der Waals surface area contributed by atoms with Crippen molar-refractivity contribution < 1.29 is 13.5 Å². The van der Waals surface area contributed by atoms with Gasteiger partial charge in [0.2, 0.25) is 10.0 Å². The third-order valence-electron chi connectivity index (χ3n) is 4.64. The molecule has 1 unspecified atom stereocenters. The number of hydrogen-bond acceptors (Lipinski definition) is 5. The second-order valence-electron chi connectivity index (χ2n) is 6.92. The van der Waals surface area contributed by atoms with Gasteiger partial charge in [0.1, 0.15) is 0 Å². The zero-order valence-electron chi connectivity index (χ0n) is 14.1. The van der Waals surface area contributed by atoms with E-state index in [1.54, 1.807) is 24.5 Å². The van der Waals surface area contributed by atoms with Crippen molar-refractivity contribution in [1.29, 1.82) is 0 Å². The Morgan fingerprint density at radius 3 is 2.92 bits per heavy atom. The Kier molecular flexibility index (Phi) is 4.65. The first-order valence-corrected chi connectivity index (χ1v) is 9.49. The molecule has 2 N–H and O–H groups in total. The van der Waals surface area contributed by atoms with E-state index in [0.717, 1.165) is 18.4 Å². The molecular weight excluding hydrogens is 328 g/mol. The van der Waals surface area contributed by atoms with Crippen LogP contribution in [0.5, 0.6) is 0 Å². The number of piperidine rings is 1. The molecule has 8 heteroatoms. The van der Waals surface area contributed by atoms with Crippen molar-refractivity contribution in [2.24, 2.45) is 5.41 Å². The summed E-state index contributed by atoms with van der Waals surface area (Å²) in [6.07, 6.45) is 3.13. The van der Waals surface area contributed by atoms with Gasteiger partial charge in [0.05, 0.1) is 28.9 Å². The quantitative estimate of drug-likeness (QED) is 0.834. The first-order chi connectivity index (χ1) is 11.4. The van der Waals surface area contributed by atoms with Crippen LogP contribution < -0.4 is 0 Å². The van der Waals surface area contributed by atoms with Gasteiger partial charge >= 0.3 is 0 Å². The Hall–Kier alpha value is -1.48. The van der Waals surface area contributed by atoms with Gasteiger partial charge < -0.3 is 15.0 Å². The van der Waals surface area contributed by atoms with E-state index in [2.05, 4.69) is 9.97 Å². The topological polar surface area (TPSA) is 89.5 Å². The molecule has 24 heavy (non-hydrogen) atoms. The van der Waals surface area contributed by atoms with Gasteiger partial charge in [-0.1, -0.05) is 0 Å². The van der Waals surface area contributed by atoms with E-state index in [9.17, 15) is 13.5 Å². The highest BCUT2D eigenvalue weighted by molar-refractivity contribution is 7.89. The molecule has 1 aromatic carbocycles. The summed E-state index contributed by atoms with van der Waals surface area (Å²) in [5.74, 6) is 0. The molecule has 0 saturated carbocycles. The fraction of sp³-hybridized carbons (Fsp3) is 0.562. The lowest BCUT2D eigenvalue weighted by Crippen LogP contribution is -2.51. The molecule has 0 bridgehead atoms. The highest BCUT2D eigenvalue weighted by atomic mass is 32.2. The number of nitrogens with one attached hydrogen (secondary N) is 1. The summed E-state index contributed by atoms with van der Waals surface area (Å²) < 4.78 is 27.6. The van der Waals surface area contributed by atoms with Crippen molar-refractivity contribution in [3.8, 4) is 0 Å². The van der Waals surface area contributed by atoms with Crippen molar-refractivity contribution >= 4 is 21.1 Å². The maximum Gasteiger partial charge on any atom is 0.243 e. The van der Waals surface area contributed by atoms with E-state index >= 15 is 0 Å². The van der Waals surface area contributed by atoms with Gasteiger partial charge in [-0.25, -0.2) is 13.4 Å². The Balaban J connectivity index is 1.90. The van der Waals surface area contributed by atoms with Crippen molar-refractivity contribution in [3.63, 3.8) is 0 Å². The fourth-order valence-electron chi connectivity index (χ4n) is 3.57. The zero-order chi connectivity index (χ0) is 17.4. The smallest absolute Gasteiger partial charge is 0.243 e. The Morgan fingerprint density at radius 1 is 1.42 bits per heavy atom. The number of aromatic nitrogens is 2. The number of H-pyrrole nitrogens is 1. The molecule has 2 aromatic rings. The minimum Gasteiger partial charge on any atom is -0.396 e. The van der Waals surface area contributed by atoms with Gasteiger partial charge in [-0.2, -0.15) is 4.31 Å². The van der Waals surface area contributed by atoms with E-state index in [-0.39, 0.29) is 11.5 Å². The zero-order valence-corrected chi connectivity index (χ0v) is 14.9. The number of sulfonamides is 1. The van der Waals surface area contributed by atoms with Crippen LogP contribution in [0.15, 0.2) is 29.4 Å². The molecule has 132 valence electrons. The number of aliphatic hydroxyl groups excluding tert-OH is 1. The maximum atomic E-state index is 13.0.